The van der Waals surface area contributed by atoms with Gasteiger partial charge in [0.25, 0.3) is 0 Å². The van der Waals surface area contributed by atoms with Crippen molar-refractivity contribution in [3.63, 3.8) is 0 Å². The monoisotopic (exact) mass is 479 g/mol. The van der Waals surface area contributed by atoms with Gasteiger partial charge in [0, 0.05) is 23.5 Å². The molecule has 1 saturated carbocycles. The minimum absolute atomic E-state index is 0.108. The van der Waals surface area contributed by atoms with Crippen molar-refractivity contribution in [2.75, 3.05) is 24.6 Å². The van der Waals surface area contributed by atoms with Gasteiger partial charge in [0.2, 0.25) is 0 Å². The van der Waals surface area contributed by atoms with E-state index in [2.05, 4.69) is 29.7 Å². The highest BCUT2D eigenvalue weighted by molar-refractivity contribution is 6.30. The SMILES string of the molecule is C=C[C@@H]1CCC1CN1C[C@@]2(CCCc3cc(Cl)ccc32)COc2ccc(C(=O)OC(C)C)cc21. The van der Waals surface area contributed by atoms with Crippen LogP contribution in [0.5, 0.6) is 5.75 Å². The third-order valence-electron chi connectivity index (χ3n) is 7.85. The normalized spacial score (nSPS) is 25.6. The molecule has 5 heteroatoms. The highest BCUT2D eigenvalue weighted by Gasteiger charge is 2.43. The molecule has 0 saturated heterocycles. The first kappa shape index (κ1) is 23.3. The van der Waals surface area contributed by atoms with Gasteiger partial charge in [0.05, 0.1) is 24.0 Å². The quantitative estimate of drug-likeness (QED) is 0.358. The topological polar surface area (TPSA) is 38.8 Å². The maximum absolute atomic E-state index is 12.7. The molecule has 1 fully saturated rings. The summed E-state index contributed by atoms with van der Waals surface area (Å²) in [6, 6.07) is 12.1. The number of hydrogen-bond acceptors (Lipinski definition) is 4. The van der Waals surface area contributed by atoms with Gasteiger partial charge in [-0.25, -0.2) is 4.79 Å². The highest BCUT2D eigenvalue weighted by Crippen LogP contribution is 2.46. The summed E-state index contributed by atoms with van der Waals surface area (Å²) >= 11 is 6.35. The van der Waals surface area contributed by atoms with E-state index in [1.807, 2.05) is 38.1 Å². The molecule has 2 aromatic carbocycles. The zero-order valence-electron chi connectivity index (χ0n) is 20.2. The molecule has 3 atom stereocenters. The van der Waals surface area contributed by atoms with E-state index in [4.69, 9.17) is 21.1 Å². The van der Waals surface area contributed by atoms with Crippen LogP contribution in [0.2, 0.25) is 5.02 Å². The molecule has 0 amide bonds. The van der Waals surface area contributed by atoms with Crippen molar-refractivity contribution in [2.45, 2.75) is 57.5 Å². The summed E-state index contributed by atoms with van der Waals surface area (Å²) in [4.78, 5) is 15.2. The van der Waals surface area contributed by atoms with Crippen molar-refractivity contribution in [1.82, 2.24) is 0 Å². The Balaban J connectivity index is 1.54. The van der Waals surface area contributed by atoms with Gasteiger partial charge in [-0.2, -0.15) is 0 Å². The van der Waals surface area contributed by atoms with Crippen LogP contribution in [0.15, 0.2) is 49.1 Å². The summed E-state index contributed by atoms with van der Waals surface area (Å²) in [6.07, 6.45) is 7.60. The smallest absolute Gasteiger partial charge is 0.338 e. The first-order valence-corrected chi connectivity index (χ1v) is 12.9. The molecule has 1 aliphatic heterocycles. The third kappa shape index (κ3) is 4.33. The number of carbonyl (C=O) groups is 1. The number of ether oxygens (including phenoxy) is 2. The van der Waals surface area contributed by atoms with E-state index in [9.17, 15) is 4.79 Å². The third-order valence-corrected chi connectivity index (χ3v) is 8.08. The van der Waals surface area contributed by atoms with Crippen LogP contribution in [0, 0.1) is 11.8 Å². The van der Waals surface area contributed by atoms with Crippen LogP contribution in [0.3, 0.4) is 0 Å². The van der Waals surface area contributed by atoms with Crippen LogP contribution in [-0.4, -0.2) is 31.8 Å². The Kier molecular flexibility index (Phi) is 6.37. The Hall–Kier alpha value is -2.46. The van der Waals surface area contributed by atoms with Gasteiger partial charge in [0.1, 0.15) is 5.75 Å². The largest absolute Gasteiger partial charge is 0.490 e. The van der Waals surface area contributed by atoms with Crippen molar-refractivity contribution in [3.05, 3.63) is 70.8 Å². The van der Waals surface area contributed by atoms with E-state index in [1.54, 1.807) is 0 Å². The molecule has 0 N–H and O–H groups in total. The fourth-order valence-electron chi connectivity index (χ4n) is 5.94. The Morgan fingerprint density at radius 3 is 2.88 bits per heavy atom. The van der Waals surface area contributed by atoms with Crippen molar-refractivity contribution in [2.24, 2.45) is 11.8 Å². The lowest BCUT2D eigenvalue weighted by Gasteiger charge is -2.44. The van der Waals surface area contributed by atoms with Gasteiger partial charge in [-0.3, -0.25) is 0 Å². The van der Waals surface area contributed by atoms with Gasteiger partial charge in [-0.1, -0.05) is 23.7 Å². The summed E-state index contributed by atoms with van der Waals surface area (Å²) < 4.78 is 12.0. The Bertz CT molecular complexity index is 1100. The van der Waals surface area contributed by atoms with Crippen molar-refractivity contribution < 1.29 is 14.3 Å². The fourth-order valence-corrected chi connectivity index (χ4v) is 6.13. The molecule has 180 valence electrons. The second-order valence-corrected chi connectivity index (χ2v) is 10.9. The number of hydrogen-bond donors (Lipinski definition) is 0. The van der Waals surface area contributed by atoms with Gasteiger partial charge < -0.3 is 14.4 Å². The summed E-state index contributed by atoms with van der Waals surface area (Å²) in [5.41, 5.74) is 4.15. The number of benzene rings is 2. The second-order valence-electron chi connectivity index (χ2n) is 10.5. The number of esters is 1. The van der Waals surface area contributed by atoms with Crippen molar-refractivity contribution in [1.29, 1.82) is 0 Å². The molecule has 4 nitrogen and oxygen atoms in total. The minimum Gasteiger partial charge on any atom is -0.490 e. The van der Waals surface area contributed by atoms with Crippen molar-refractivity contribution in [3.8, 4) is 5.75 Å². The standard InChI is InChI=1S/C29H34ClNO3/c1-4-20-7-8-23(20)16-31-17-29(13-5-6-21-14-24(30)10-11-25(21)29)18-33-27-12-9-22(15-26(27)31)28(32)34-19(2)3/h4,9-12,14-15,19-20,23H,1,5-8,13,16-18H2,2-3H3/t20-,23?,29+/m1/s1. The number of carbonyl (C=O) groups excluding carboxylic acids is 1. The predicted octanol–water partition coefficient (Wildman–Crippen LogP) is 6.59. The number of nitrogens with zero attached hydrogens (tertiary/aromatic N) is 1. The van der Waals surface area contributed by atoms with E-state index < -0.39 is 0 Å². The average Bonchev–Trinajstić information content (AvgIpc) is 2.94. The van der Waals surface area contributed by atoms with Crippen LogP contribution in [0.4, 0.5) is 5.69 Å². The van der Waals surface area contributed by atoms with Crippen LogP contribution in [0.1, 0.15) is 61.0 Å². The lowest BCUT2D eigenvalue weighted by Crippen LogP contribution is -2.48. The van der Waals surface area contributed by atoms with Crippen molar-refractivity contribution >= 4 is 23.3 Å². The summed E-state index contributed by atoms with van der Waals surface area (Å²) in [6.45, 7) is 10.2. The molecule has 5 rings (SSSR count). The Morgan fingerprint density at radius 2 is 2.15 bits per heavy atom. The fraction of sp³-hybridized carbons (Fsp3) is 0.483. The molecule has 34 heavy (non-hydrogen) atoms. The first-order chi connectivity index (χ1) is 16.4. The number of fused-ring (bicyclic) bond motifs is 3. The molecule has 2 aliphatic carbocycles. The maximum atomic E-state index is 12.7. The summed E-state index contributed by atoms with van der Waals surface area (Å²) in [5, 5.41) is 0.794. The summed E-state index contributed by atoms with van der Waals surface area (Å²) in [5.74, 6) is 1.67. The molecular formula is C29H34ClNO3. The Labute approximate surface area is 207 Å². The maximum Gasteiger partial charge on any atom is 0.338 e. The number of rotatable bonds is 5. The molecular weight excluding hydrogens is 446 g/mol. The lowest BCUT2D eigenvalue weighted by atomic mass is 9.69. The average molecular weight is 480 g/mol. The van der Waals surface area contributed by atoms with Crippen LogP contribution < -0.4 is 9.64 Å². The van der Waals surface area contributed by atoms with Gasteiger partial charge >= 0.3 is 5.97 Å². The molecule has 1 spiro atoms. The predicted molar refractivity (Wildman–Crippen MR) is 137 cm³/mol. The molecule has 0 aromatic heterocycles. The van der Waals surface area contributed by atoms with E-state index in [-0.39, 0.29) is 17.5 Å². The highest BCUT2D eigenvalue weighted by atomic mass is 35.5. The molecule has 3 aliphatic rings. The molecule has 2 aromatic rings. The van der Waals surface area contributed by atoms with Gasteiger partial charge in [0.15, 0.2) is 0 Å². The molecule has 1 unspecified atom stereocenters. The first-order valence-electron chi connectivity index (χ1n) is 12.5. The molecule has 0 bridgehead atoms. The number of halogens is 1. The van der Waals surface area contributed by atoms with Gasteiger partial charge in [-0.05, 0) is 99.2 Å². The zero-order chi connectivity index (χ0) is 23.9. The van der Waals surface area contributed by atoms with Crippen LogP contribution in [-0.2, 0) is 16.6 Å². The van der Waals surface area contributed by atoms with Gasteiger partial charge in [-0.15, -0.1) is 6.58 Å². The van der Waals surface area contributed by atoms with Crippen LogP contribution >= 0.6 is 11.6 Å². The summed E-state index contributed by atoms with van der Waals surface area (Å²) in [7, 11) is 0. The zero-order valence-corrected chi connectivity index (χ0v) is 20.9. The van der Waals surface area contributed by atoms with E-state index in [0.29, 0.717) is 24.0 Å². The lowest BCUT2D eigenvalue weighted by molar-refractivity contribution is 0.0378. The van der Waals surface area contributed by atoms with E-state index in [0.717, 1.165) is 48.8 Å². The Morgan fingerprint density at radius 1 is 1.29 bits per heavy atom. The molecule has 1 heterocycles. The van der Waals surface area contributed by atoms with E-state index in [1.165, 1.54) is 24.0 Å². The number of allylic oxidation sites excluding steroid dienone is 1. The minimum atomic E-state index is -0.290. The van der Waals surface area contributed by atoms with Crippen LogP contribution in [0.25, 0.3) is 0 Å². The second kappa shape index (κ2) is 9.30. The van der Waals surface area contributed by atoms with E-state index >= 15 is 0 Å². The number of aryl methyl sites for hydroxylation is 1. The number of anilines is 1. The molecule has 0 radical (unpaired) electrons.